The molecule has 1 aromatic rings. The van der Waals surface area contributed by atoms with E-state index in [1.807, 2.05) is 12.1 Å². The normalized spacial score (nSPS) is 14.5. The van der Waals surface area contributed by atoms with Gasteiger partial charge in [-0.1, -0.05) is 19.1 Å². The van der Waals surface area contributed by atoms with Gasteiger partial charge < -0.3 is 15.2 Å². The third-order valence-corrected chi connectivity index (χ3v) is 2.59. The SMILES string of the molecule is CCC(NC[C@H](C)O)c1ccc(OC)cc1. The maximum Gasteiger partial charge on any atom is 0.118 e. The fourth-order valence-electron chi connectivity index (χ4n) is 1.65. The van der Waals surface area contributed by atoms with E-state index in [4.69, 9.17) is 4.74 Å². The van der Waals surface area contributed by atoms with Crippen LogP contribution >= 0.6 is 0 Å². The first-order chi connectivity index (χ1) is 7.67. The van der Waals surface area contributed by atoms with E-state index in [0.717, 1.165) is 12.2 Å². The summed E-state index contributed by atoms with van der Waals surface area (Å²) in [5, 5.41) is 12.6. The van der Waals surface area contributed by atoms with Crippen molar-refractivity contribution in [3.63, 3.8) is 0 Å². The van der Waals surface area contributed by atoms with Crippen LogP contribution in [0.15, 0.2) is 24.3 Å². The third-order valence-electron chi connectivity index (χ3n) is 2.59. The van der Waals surface area contributed by atoms with Gasteiger partial charge in [0, 0.05) is 12.6 Å². The summed E-state index contributed by atoms with van der Waals surface area (Å²) in [6.45, 7) is 4.53. The molecule has 0 bridgehead atoms. The number of hydrogen-bond donors (Lipinski definition) is 2. The quantitative estimate of drug-likeness (QED) is 0.776. The summed E-state index contributed by atoms with van der Waals surface area (Å²) in [5.41, 5.74) is 1.23. The molecule has 2 N–H and O–H groups in total. The molecule has 1 unspecified atom stereocenters. The van der Waals surface area contributed by atoms with Crippen molar-refractivity contribution in [1.29, 1.82) is 0 Å². The van der Waals surface area contributed by atoms with E-state index in [1.165, 1.54) is 5.56 Å². The van der Waals surface area contributed by atoms with Crippen molar-refractivity contribution in [2.45, 2.75) is 32.4 Å². The second-order valence-corrected chi connectivity index (χ2v) is 3.99. The number of aliphatic hydroxyl groups excluding tert-OH is 1. The van der Waals surface area contributed by atoms with Crippen LogP contribution < -0.4 is 10.1 Å². The summed E-state index contributed by atoms with van der Waals surface area (Å²) in [6, 6.07) is 8.33. The van der Waals surface area contributed by atoms with E-state index < -0.39 is 0 Å². The van der Waals surface area contributed by atoms with E-state index >= 15 is 0 Å². The molecule has 0 saturated heterocycles. The number of ether oxygens (including phenoxy) is 1. The van der Waals surface area contributed by atoms with Gasteiger partial charge in [-0.15, -0.1) is 0 Å². The largest absolute Gasteiger partial charge is 0.497 e. The van der Waals surface area contributed by atoms with Crippen molar-refractivity contribution >= 4 is 0 Å². The van der Waals surface area contributed by atoms with Gasteiger partial charge in [0.25, 0.3) is 0 Å². The van der Waals surface area contributed by atoms with Gasteiger partial charge in [0.1, 0.15) is 5.75 Å². The molecular formula is C13H21NO2. The second kappa shape index (κ2) is 6.51. The number of benzene rings is 1. The Bertz CT molecular complexity index is 295. The number of nitrogens with one attached hydrogen (secondary N) is 1. The average molecular weight is 223 g/mol. The lowest BCUT2D eigenvalue weighted by molar-refractivity contribution is 0.185. The molecule has 1 rings (SSSR count). The van der Waals surface area contributed by atoms with Crippen LogP contribution in [0.25, 0.3) is 0 Å². The highest BCUT2D eigenvalue weighted by Gasteiger charge is 2.09. The minimum atomic E-state index is -0.313. The molecule has 0 fully saturated rings. The van der Waals surface area contributed by atoms with Crippen molar-refractivity contribution in [3.8, 4) is 5.75 Å². The summed E-state index contributed by atoms with van der Waals surface area (Å²) >= 11 is 0. The maximum absolute atomic E-state index is 9.24. The topological polar surface area (TPSA) is 41.5 Å². The summed E-state index contributed by atoms with van der Waals surface area (Å²) < 4.78 is 5.12. The minimum Gasteiger partial charge on any atom is -0.497 e. The molecule has 0 aliphatic heterocycles. The van der Waals surface area contributed by atoms with Gasteiger partial charge in [0.15, 0.2) is 0 Å². The lowest BCUT2D eigenvalue weighted by Crippen LogP contribution is -2.28. The number of hydrogen-bond acceptors (Lipinski definition) is 3. The van der Waals surface area contributed by atoms with E-state index in [9.17, 15) is 5.11 Å². The zero-order valence-corrected chi connectivity index (χ0v) is 10.2. The molecule has 0 aromatic heterocycles. The Morgan fingerprint density at radius 1 is 1.31 bits per heavy atom. The van der Waals surface area contributed by atoms with Gasteiger partial charge in [-0.05, 0) is 31.0 Å². The van der Waals surface area contributed by atoms with E-state index in [2.05, 4.69) is 24.4 Å². The van der Waals surface area contributed by atoms with Crippen molar-refractivity contribution in [2.24, 2.45) is 0 Å². The fraction of sp³-hybridized carbons (Fsp3) is 0.538. The lowest BCUT2D eigenvalue weighted by Gasteiger charge is -2.18. The van der Waals surface area contributed by atoms with Crippen LogP contribution in [0.4, 0.5) is 0 Å². The minimum absolute atomic E-state index is 0.292. The number of aliphatic hydroxyl groups is 1. The smallest absolute Gasteiger partial charge is 0.118 e. The first-order valence-electron chi connectivity index (χ1n) is 5.72. The predicted octanol–water partition coefficient (Wildman–Crippen LogP) is 2.12. The Balaban J connectivity index is 2.63. The van der Waals surface area contributed by atoms with Gasteiger partial charge in [-0.2, -0.15) is 0 Å². The van der Waals surface area contributed by atoms with E-state index in [1.54, 1.807) is 14.0 Å². The summed E-state index contributed by atoms with van der Waals surface area (Å²) in [6.07, 6.45) is 0.686. The van der Waals surface area contributed by atoms with E-state index in [-0.39, 0.29) is 6.10 Å². The van der Waals surface area contributed by atoms with Gasteiger partial charge >= 0.3 is 0 Å². The Hall–Kier alpha value is -1.06. The molecule has 16 heavy (non-hydrogen) atoms. The lowest BCUT2D eigenvalue weighted by atomic mass is 10.0. The molecule has 3 heteroatoms. The standard InChI is InChI=1S/C13H21NO2/c1-4-13(14-9-10(2)15)11-5-7-12(16-3)8-6-11/h5-8,10,13-15H,4,9H2,1-3H3/t10-,13?/m0/s1. The molecule has 0 aliphatic carbocycles. The van der Waals surface area contributed by atoms with Crippen LogP contribution in [0.2, 0.25) is 0 Å². The Morgan fingerprint density at radius 3 is 2.38 bits per heavy atom. The van der Waals surface area contributed by atoms with Crippen molar-refractivity contribution in [2.75, 3.05) is 13.7 Å². The van der Waals surface area contributed by atoms with Gasteiger partial charge in [0.05, 0.1) is 13.2 Å². The fourth-order valence-corrected chi connectivity index (χ4v) is 1.65. The zero-order valence-electron chi connectivity index (χ0n) is 10.2. The molecule has 0 radical (unpaired) electrons. The van der Waals surface area contributed by atoms with Crippen LogP contribution in [0, 0.1) is 0 Å². The summed E-state index contributed by atoms with van der Waals surface area (Å²) in [5.74, 6) is 0.870. The molecule has 3 nitrogen and oxygen atoms in total. The highest BCUT2D eigenvalue weighted by molar-refractivity contribution is 5.29. The first-order valence-corrected chi connectivity index (χ1v) is 5.72. The zero-order chi connectivity index (χ0) is 12.0. The molecule has 0 amide bonds. The maximum atomic E-state index is 9.24. The molecule has 0 heterocycles. The van der Waals surface area contributed by atoms with E-state index in [0.29, 0.717) is 12.6 Å². The van der Waals surface area contributed by atoms with Crippen molar-refractivity contribution < 1.29 is 9.84 Å². The Labute approximate surface area is 97.4 Å². The number of methoxy groups -OCH3 is 1. The summed E-state index contributed by atoms with van der Waals surface area (Å²) in [7, 11) is 1.66. The van der Waals surface area contributed by atoms with Gasteiger partial charge in [0.2, 0.25) is 0 Å². The highest BCUT2D eigenvalue weighted by Crippen LogP contribution is 2.19. The second-order valence-electron chi connectivity index (χ2n) is 3.99. The molecule has 0 aliphatic rings. The van der Waals surface area contributed by atoms with Crippen molar-refractivity contribution in [1.82, 2.24) is 5.32 Å². The molecule has 0 saturated carbocycles. The highest BCUT2D eigenvalue weighted by atomic mass is 16.5. The average Bonchev–Trinajstić information content (AvgIpc) is 2.30. The number of rotatable bonds is 6. The molecule has 0 spiro atoms. The third kappa shape index (κ3) is 3.83. The van der Waals surface area contributed by atoms with Crippen LogP contribution in [-0.2, 0) is 0 Å². The Kier molecular flexibility index (Phi) is 5.29. The van der Waals surface area contributed by atoms with Crippen LogP contribution in [0.5, 0.6) is 5.75 Å². The Morgan fingerprint density at radius 2 is 1.94 bits per heavy atom. The molecule has 1 aromatic carbocycles. The van der Waals surface area contributed by atoms with Crippen LogP contribution in [-0.4, -0.2) is 24.9 Å². The van der Waals surface area contributed by atoms with Crippen LogP contribution in [0.3, 0.4) is 0 Å². The van der Waals surface area contributed by atoms with Gasteiger partial charge in [-0.3, -0.25) is 0 Å². The van der Waals surface area contributed by atoms with Gasteiger partial charge in [-0.25, -0.2) is 0 Å². The van der Waals surface area contributed by atoms with Crippen molar-refractivity contribution in [3.05, 3.63) is 29.8 Å². The molecular weight excluding hydrogens is 202 g/mol. The van der Waals surface area contributed by atoms with Crippen LogP contribution in [0.1, 0.15) is 31.9 Å². The first kappa shape index (κ1) is 13.0. The summed E-state index contributed by atoms with van der Waals surface area (Å²) in [4.78, 5) is 0. The monoisotopic (exact) mass is 223 g/mol. The molecule has 2 atom stereocenters. The molecule has 90 valence electrons. The predicted molar refractivity (Wildman–Crippen MR) is 65.7 cm³/mol.